The molecule has 2 heterocycles. The van der Waals surface area contributed by atoms with Crippen LogP contribution in [0.25, 0.3) is 11.3 Å². The Balaban J connectivity index is 1.91. The summed E-state index contributed by atoms with van der Waals surface area (Å²) in [5.41, 5.74) is 1.88. The van der Waals surface area contributed by atoms with E-state index in [4.69, 9.17) is 0 Å². The highest BCUT2D eigenvalue weighted by Crippen LogP contribution is 2.42. The summed E-state index contributed by atoms with van der Waals surface area (Å²) in [6, 6.07) is 7.96. The number of carbonyl (C=O) groups is 1. The van der Waals surface area contributed by atoms with E-state index in [0.29, 0.717) is 6.54 Å². The molecule has 2 aromatic rings. The van der Waals surface area contributed by atoms with Crippen LogP contribution in [0.1, 0.15) is 38.9 Å². The van der Waals surface area contributed by atoms with Crippen molar-refractivity contribution in [3.8, 4) is 11.3 Å². The molecular formula is C18H22BrN3O2. The number of hydrogen-bond acceptors (Lipinski definition) is 2. The highest BCUT2D eigenvalue weighted by Gasteiger charge is 2.45. The maximum Gasteiger partial charge on any atom is 0.407 e. The summed E-state index contributed by atoms with van der Waals surface area (Å²) in [5, 5.41) is 9.51. The quantitative estimate of drug-likeness (QED) is 0.777. The number of aromatic amines is 1. The van der Waals surface area contributed by atoms with Crippen LogP contribution in [0.5, 0.6) is 0 Å². The summed E-state index contributed by atoms with van der Waals surface area (Å²) in [4.78, 5) is 21.1. The van der Waals surface area contributed by atoms with Gasteiger partial charge in [-0.1, -0.05) is 48.8 Å². The zero-order chi connectivity index (χ0) is 17.5. The maximum atomic E-state index is 11.6. The van der Waals surface area contributed by atoms with Gasteiger partial charge in [-0.2, -0.15) is 0 Å². The average Bonchev–Trinajstić information content (AvgIpc) is 3.14. The van der Waals surface area contributed by atoms with Gasteiger partial charge in [0.2, 0.25) is 0 Å². The van der Waals surface area contributed by atoms with Crippen molar-refractivity contribution in [2.45, 2.75) is 39.2 Å². The lowest BCUT2D eigenvalue weighted by atomic mass is 9.79. The molecule has 2 atom stereocenters. The van der Waals surface area contributed by atoms with Crippen molar-refractivity contribution in [1.29, 1.82) is 0 Å². The summed E-state index contributed by atoms with van der Waals surface area (Å²) >= 11 is 3.44. The average molecular weight is 392 g/mol. The van der Waals surface area contributed by atoms with Crippen LogP contribution in [0.15, 0.2) is 34.9 Å². The molecule has 2 unspecified atom stereocenters. The zero-order valence-corrected chi connectivity index (χ0v) is 15.7. The topological polar surface area (TPSA) is 69.2 Å². The number of hydrogen-bond donors (Lipinski definition) is 2. The van der Waals surface area contributed by atoms with Gasteiger partial charge in [-0.15, -0.1) is 0 Å². The van der Waals surface area contributed by atoms with E-state index in [1.54, 1.807) is 4.90 Å². The minimum absolute atomic E-state index is 0.0843. The van der Waals surface area contributed by atoms with Crippen LogP contribution in [-0.4, -0.2) is 38.7 Å². The summed E-state index contributed by atoms with van der Waals surface area (Å²) in [7, 11) is 0. The Morgan fingerprint density at radius 2 is 2.00 bits per heavy atom. The normalized spacial score (nSPS) is 21.2. The molecule has 1 saturated heterocycles. The Bertz CT molecular complexity index is 733. The highest BCUT2D eigenvalue weighted by molar-refractivity contribution is 9.10. The summed E-state index contributed by atoms with van der Waals surface area (Å²) in [6.07, 6.45) is 1.78. The van der Waals surface area contributed by atoms with E-state index in [1.165, 1.54) is 0 Å². The van der Waals surface area contributed by atoms with Gasteiger partial charge in [-0.3, -0.25) is 0 Å². The van der Waals surface area contributed by atoms with Gasteiger partial charge >= 0.3 is 6.09 Å². The number of amides is 1. The molecule has 0 aliphatic carbocycles. The fraction of sp³-hybridized carbons (Fsp3) is 0.444. The summed E-state index contributed by atoms with van der Waals surface area (Å²) < 4.78 is 1.03. The van der Waals surface area contributed by atoms with Crippen molar-refractivity contribution < 1.29 is 9.90 Å². The molecule has 1 aliphatic heterocycles. The van der Waals surface area contributed by atoms with Crippen LogP contribution in [0, 0.1) is 5.41 Å². The Hall–Kier alpha value is -1.82. The molecule has 0 saturated carbocycles. The molecule has 24 heavy (non-hydrogen) atoms. The molecule has 0 bridgehead atoms. The summed E-state index contributed by atoms with van der Waals surface area (Å²) in [5.74, 6) is 0.960. The number of nitrogens with zero attached hydrogens (tertiary/aromatic N) is 2. The molecule has 1 amide bonds. The molecule has 1 fully saturated rings. The number of benzene rings is 1. The molecule has 3 rings (SSSR count). The van der Waals surface area contributed by atoms with Gasteiger partial charge in [0.25, 0.3) is 0 Å². The number of rotatable bonds is 2. The molecule has 0 radical (unpaired) electrons. The monoisotopic (exact) mass is 391 g/mol. The van der Waals surface area contributed by atoms with E-state index in [-0.39, 0.29) is 17.4 Å². The number of imidazole rings is 1. The second kappa shape index (κ2) is 6.24. The van der Waals surface area contributed by atoms with Crippen LogP contribution in [0.3, 0.4) is 0 Å². The van der Waals surface area contributed by atoms with Gasteiger partial charge in [-0.25, -0.2) is 9.78 Å². The van der Waals surface area contributed by atoms with Crippen molar-refractivity contribution in [2.24, 2.45) is 5.41 Å². The lowest BCUT2D eigenvalue weighted by Crippen LogP contribution is -2.44. The van der Waals surface area contributed by atoms with Gasteiger partial charge in [0.15, 0.2) is 0 Å². The van der Waals surface area contributed by atoms with Crippen LogP contribution >= 0.6 is 15.9 Å². The van der Waals surface area contributed by atoms with Gasteiger partial charge in [-0.05, 0) is 29.5 Å². The van der Waals surface area contributed by atoms with Crippen LogP contribution in [0.2, 0.25) is 0 Å². The van der Waals surface area contributed by atoms with Crippen LogP contribution in [0.4, 0.5) is 4.79 Å². The molecule has 1 aromatic carbocycles. The zero-order valence-electron chi connectivity index (χ0n) is 14.1. The number of nitrogens with one attached hydrogen (secondary N) is 1. The largest absolute Gasteiger partial charge is 0.465 e. The third-order valence-corrected chi connectivity index (χ3v) is 5.16. The van der Waals surface area contributed by atoms with Crippen molar-refractivity contribution in [1.82, 2.24) is 14.9 Å². The Morgan fingerprint density at radius 3 is 2.58 bits per heavy atom. The predicted molar refractivity (Wildman–Crippen MR) is 97.1 cm³/mol. The van der Waals surface area contributed by atoms with Crippen LogP contribution in [-0.2, 0) is 0 Å². The Kier molecular flexibility index (Phi) is 4.42. The third-order valence-electron chi connectivity index (χ3n) is 4.63. The Morgan fingerprint density at radius 1 is 1.33 bits per heavy atom. The molecule has 1 aromatic heterocycles. The molecule has 1 aliphatic rings. The van der Waals surface area contributed by atoms with Crippen molar-refractivity contribution in [3.63, 3.8) is 0 Å². The second-order valence-electron chi connectivity index (χ2n) is 7.37. The highest BCUT2D eigenvalue weighted by atomic mass is 79.9. The van der Waals surface area contributed by atoms with Crippen LogP contribution < -0.4 is 0 Å². The van der Waals surface area contributed by atoms with E-state index in [1.807, 2.05) is 30.5 Å². The lowest BCUT2D eigenvalue weighted by Gasteiger charge is -2.36. The number of halogens is 1. The molecular weight excluding hydrogens is 370 g/mol. The summed E-state index contributed by atoms with van der Waals surface area (Å²) in [6.45, 7) is 6.82. The van der Waals surface area contributed by atoms with E-state index in [2.05, 4.69) is 46.7 Å². The van der Waals surface area contributed by atoms with Gasteiger partial charge < -0.3 is 15.0 Å². The van der Waals surface area contributed by atoms with Crippen molar-refractivity contribution >= 4 is 22.0 Å². The van der Waals surface area contributed by atoms with Gasteiger partial charge in [0.05, 0.1) is 11.9 Å². The third kappa shape index (κ3) is 3.20. The molecule has 6 heteroatoms. The number of aromatic nitrogens is 2. The smallest absolute Gasteiger partial charge is 0.407 e. The van der Waals surface area contributed by atoms with E-state index in [0.717, 1.165) is 28.0 Å². The molecule has 2 N–H and O–H groups in total. The first-order valence-corrected chi connectivity index (χ1v) is 8.87. The van der Waals surface area contributed by atoms with E-state index >= 15 is 0 Å². The Labute approximate surface area is 150 Å². The van der Waals surface area contributed by atoms with E-state index < -0.39 is 6.09 Å². The number of carboxylic acid groups (broad SMARTS) is 1. The number of H-pyrrole nitrogens is 1. The standard InChI is InChI=1S/C18H22BrN3O2/c1-18(2,3)15-13(8-9-22(15)17(23)24)16-20-10-14(21-16)11-4-6-12(19)7-5-11/h4-7,10,13,15H,8-9H2,1-3H3,(H,20,21)(H,23,24). The second-order valence-corrected chi connectivity index (χ2v) is 8.29. The van der Waals surface area contributed by atoms with Crippen molar-refractivity contribution in [3.05, 3.63) is 40.8 Å². The van der Waals surface area contributed by atoms with E-state index in [9.17, 15) is 9.90 Å². The first kappa shape index (κ1) is 17.0. The minimum atomic E-state index is -0.850. The fourth-order valence-corrected chi connectivity index (χ4v) is 3.93. The first-order chi connectivity index (χ1) is 11.3. The lowest BCUT2D eigenvalue weighted by molar-refractivity contribution is 0.100. The first-order valence-electron chi connectivity index (χ1n) is 8.08. The van der Waals surface area contributed by atoms with Crippen molar-refractivity contribution in [2.75, 3.05) is 6.54 Å². The molecule has 5 nitrogen and oxygen atoms in total. The number of likely N-dealkylation sites (tertiary alicyclic amines) is 1. The predicted octanol–water partition coefficient (Wildman–Crippen LogP) is 4.72. The molecule has 0 spiro atoms. The minimum Gasteiger partial charge on any atom is -0.465 e. The molecule has 128 valence electrons. The van der Waals surface area contributed by atoms with Gasteiger partial charge in [0, 0.05) is 23.0 Å². The maximum absolute atomic E-state index is 11.6. The van der Waals surface area contributed by atoms with Gasteiger partial charge in [0.1, 0.15) is 5.82 Å². The SMILES string of the molecule is CC(C)(C)C1C(c2ncc(-c3ccc(Br)cc3)[nH]2)CCN1C(=O)O. The fourth-order valence-electron chi connectivity index (χ4n) is 3.67.